The van der Waals surface area contributed by atoms with Crippen LogP contribution in [0.1, 0.15) is 35.0 Å². The zero-order chi connectivity index (χ0) is 26.4. The molecule has 0 radical (unpaired) electrons. The molecular weight excluding hydrogens is 501 g/mol. The second-order valence-corrected chi connectivity index (χ2v) is 9.38. The van der Waals surface area contributed by atoms with Gasteiger partial charge in [0.25, 0.3) is 0 Å². The predicted octanol–water partition coefficient (Wildman–Crippen LogP) is 4.93. The molecule has 3 aromatic heterocycles. The normalized spacial score (nSPS) is 16.8. The molecule has 1 atom stereocenters. The van der Waals surface area contributed by atoms with E-state index in [9.17, 15) is 18.0 Å². The molecule has 0 bridgehead atoms. The summed E-state index contributed by atoms with van der Waals surface area (Å²) in [6, 6.07) is 8.93. The Morgan fingerprint density at radius 2 is 2.08 bits per heavy atom. The number of benzene rings is 1. The molecule has 4 aromatic rings. The number of halogens is 3. The highest BCUT2D eigenvalue weighted by Crippen LogP contribution is 2.38. The SMILES string of the molecule is Cc1cc(-c2c[nH]c(C3COc4ccc(Oc5ccnc6c5CCC(=O)N6)cc4C3)n2)n(CC(F)(F)F)n1. The maximum atomic E-state index is 13.0. The molecule has 0 fully saturated rings. The Kier molecular flexibility index (Phi) is 5.81. The summed E-state index contributed by atoms with van der Waals surface area (Å²) >= 11 is 0. The predicted molar refractivity (Wildman–Crippen MR) is 130 cm³/mol. The van der Waals surface area contributed by atoms with Crippen molar-refractivity contribution in [3.8, 4) is 28.6 Å². The van der Waals surface area contributed by atoms with Gasteiger partial charge < -0.3 is 19.8 Å². The molecular formula is C26H23F3N6O3. The lowest BCUT2D eigenvalue weighted by Crippen LogP contribution is -2.21. The van der Waals surface area contributed by atoms with Crippen molar-refractivity contribution in [2.24, 2.45) is 0 Å². The molecule has 5 heterocycles. The van der Waals surface area contributed by atoms with Gasteiger partial charge >= 0.3 is 6.18 Å². The van der Waals surface area contributed by atoms with E-state index in [1.54, 1.807) is 31.5 Å². The smallest absolute Gasteiger partial charge is 0.408 e. The molecule has 0 saturated heterocycles. The zero-order valence-corrected chi connectivity index (χ0v) is 20.3. The number of amides is 1. The Hall–Kier alpha value is -4.35. The number of hydrogen-bond donors (Lipinski definition) is 2. The summed E-state index contributed by atoms with van der Waals surface area (Å²) in [5, 5.41) is 6.75. The van der Waals surface area contributed by atoms with Gasteiger partial charge in [-0.3, -0.25) is 9.48 Å². The largest absolute Gasteiger partial charge is 0.493 e. The van der Waals surface area contributed by atoms with Crippen LogP contribution in [-0.2, 0) is 24.2 Å². The molecule has 38 heavy (non-hydrogen) atoms. The average Bonchev–Trinajstić information content (AvgIpc) is 3.49. The minimum Gasteiger partial charge on any atom is -0.493 e. The van der Waals surface area contributed by atoms with E-state index in [0.29, 0.717) is 66.1 Å². The summed E-state index contributed by atoms with van der Waals surface area (Å²) in [7, 11) is 0. The molecule has 1 amide bonds. The van der Waals surface area contributed by atoms with Gasteiger partial charge in [-0.25, -0.2) is 9.97 Å². The highest BCUT2D eigenvalue weighted by atomic mass is 19.4. The van der Waals surface area contributed by atoms with Gasteiger partial charge in [-0.15, -0.1) is 0 Å². The standard InChI is InChI=1S/C26H23F3N6O3/c1-14-8-20(35(34-14)13-26(27,28)29)19-11-31-24(32-19)16-9-15-10-17(2-4-21(15)37-12-16)38-22-6-7-30-25-18(22)3-5-23(36)33-25/h2,4,6-8,10-11,16H,3,5,9,12-13H2,1H3,(H,31,32)(H,30,33,36). The van der Waals surface area contributed by atoms with Gasteiger partial charge in [-0.1, -0.05) is 0 Å². The van der Waals surface area contributed by atoms with E-state index in [2.05, 4.69) is 25.4 Å². The van der Waals surface area contributed by atoms with Gasteiger partial charge in [0.1, 0.15) is 41.1 Å². The molecule has 1 aromatic carbocycles. The van der Waals surface area contributed by atoms with Crippen molar-refractivity contribution < 1.29 is 27.4 Å². The number of imidazole rings is 1. The Balaban J connectivity index is 1.21. The lowest BCUT2D eigenvalue weighted by Gasteiger charge is -2.25. The first-order valence-electron chi connectivity index (χ1n) is 12.1. The molecule has 2 aliphatic rings. The van der Waals surface area contributed by atoms with E-state index < -0.39 is 12.7 Å². The monoisotopic (exact) mass is 524 g/mol. The van der Waals surface area contributed by atoms with Crippen LogP contribution in [0.4, 0.5) is 19.0 Å². The Morgan fingerprint density at radius 1 is 1.21 bits per heavy atom. The minimum atomic E-state index is -4.39. The summed E-state index contributed by atoms with van der Waals surface area (Å²) in [6.07, 6.45) is 0.313. The lowest BCUT2D eigenvalue weighted by atomic mass is 9.96. The van der Waals surface area contributed by atoms with Crippen molar-refractivity contribution in [2.45, 2.75) is 44.8 Å². The number of alkyl halides is 3. The second-order valence-electron chi connectivity index (χ2n) is 9.38. The summed E-state index contributed by atoms with van der Waals surface area (Å²) < 4.78 is 52.1. The van der Waals surface area contributed by atoms with Crippen LogP contribution < -0.4 is 14.8 Å². The van der Waals surface area contributed by atoms with Gasteiger partial charge in [-0.05, 0) is 55.7 Å². The lowest BCUT2D eigenvalue weighted by molar-refractivity contribution is -0.142. The second kappa shape index (κ2) is 9.19. The van der Waals surface area contributed by atoms with Crippen molar-refractivity contribution in [3.63, 3.8) is 0 Å². The van der Waals surface area contributed by atoms with Gasteiger partial charge in [0.15, 0.2) is 0 Å². The molecule has 0 saturated carbocycles. The van der Waals surface area contributed by atoms with Crippen LogP contribution in [0.15, 0.2) is 42.7 Å². The van der Waals surface area contributed by atoms with Crippen LogP contribution in [0.2, 0.25) is 0 Å². The number of aromatic amines is 1. The number of pyridine rings is 1. The number of anilines is 1. The van der Waals surface area contributed by atoms with Crippen molar-refractivity contribution in [1.29, 1.82) is 0 Å². The molecule has 2 N–H and O–H groups in total. The van der Waals surface area contributed by atoms with Crippen LogP contribution in [0, 0.1) is 6.92 Å². The van der Waals surface area contributed by atoms with Crippen LogP contribution in [0.5, 0.6) is 17.2 Å². The fraction of sp³-hybridized carbons (Fsp3) is 0.308. The first kappa shape index (κ1) is 24.0. The number of nitrogens with one attached hydrogen (secondary N) is 2. The van der Waals surface area contributed by atoms with E-state index in [0.717, 1.165) is 21.6 Å². The number of ether oxygens (including phenoxy) is 2. The van der Waals surface area contributed by atoms with E-state index >= 15 is 0 Å². The van der Waals surface area contributed by atoms with Crippen LogP contribution >= 0.6 is 0 Å². The fourth-order valence-electron chi connectivity index (χ4n) is 4.81. The average molecular weight is 525 g/mol. The number of aromatic nitrogens is 5. The Morgan fingerprint density at radius 3 is 2.92 bits per heavy atom. The molecule has 6 rings (SSSR count). The first-order chi connectivity index (χ1) is 18.2. The number of carbonyl (C=O) groups is 1. The number of nitrogens with zero attached hydrogens (tertiary/aromatic N) is 4. The third-order valence-electron chi connectivity index (χ3n) is 6.52. The summed E-state index contributed by atoms with van der Waals surface area (Å²) in [4.78, 5) is 23.6. The molecule has 0 spiro atoms. The summed E-state index contributed by atoms with van der Waals surface area (Å²) in [5.74, 6) is 2.92. The maximum absolute atomic E-state index is 13.0. The third kappa shape index (κ3) is 4.81. The molecule has 196 valence electrons. The highest BCUT2D eigenvalue weighted by molar-refractivity contribution is 5.93. The number of hydrogen-bond acceptors (Lipinski definition) is 6. The topological polar surface area (TPSA) is 107 Å². The van der Waals surface area contributed by atoms with Gasteiger partial charge in [0.2, 0.25) is 5.91 Å². The van der Waals surface area contributed by atoms with Gasteiger partial charge in [0.05, 0.1) is 23.9 Å². The van der Waals surface area contributed by atoms with E-state index in [1.807, 2.05) is 18.2 Å². The van der Waals surface area contributed by atoms with Crippen LogP contribution in [-0.4, -0.2) is 43.4 Å². The quantitative estimate of drug-likeness (QED) is 0.383. The minimum absolute atomic E-state index is 0.0693. The van der Waals surface area contributed by atoms with E-state index in [-0.39, 0.29) is 11.8 Å². The van der Waals surface area contributed by atoms with Crippen molar-refractivity contribution in [1.82, 2.24) is 24.7 Å². The highest BCUT2D eigenvalue weighted by Gasteiger charge is 2.31. The van der Waals surface area contributed by atoms with E-state index in [1.165, 1.54) is 0 Å². The number of H-pyrrole nitrogens is 1. The summed E-state index contributed by atoms with van der Waals surface area (Å²) in [5.41, 5.74) is 2.94. The Bertz CT molecular complexity index is 1530. The van der Waals surface area contributed by atoms with E-state index in [4.69, 9.17) is 9.47 Å². The number of rotatable bonds is 5. The maximum Gasteiger partial charge on any atom is 0.408 e. The van der Waals surface area contributed by atoms with Crippen molar-refractivity contribution in [2.75, 3.05) is 11.9 Å². The first-order valence-corrected chi connectivity index (χ1v) is 12.1. The van der Waals surface area contributed by atoms with Crippen LogP contribution in [0.25, 0.3) is 11.4 Å². The Labute approximate surface area is 215 Å². The summed E-state index contributed by atoms with van der Waals surface area (Å²) in [6.45, 7) is 0.833. The van der Waals surface area contributed by atoms with Crippen molar-refractivity contribution >= 4 is 11.7 Å². The molecule has 12 heteroatoms. The molecule has 1 unspecified atom stereocenters. The molecule has 2 aliphatic heterocycles. The molecule has 9 nitrogen and oxygen atoms in total. The number of fused-ring (bicyclic) bond motifs is 2. The van der Waals surface area contributed by atoms with Crippen molar-refractivity contribution in [3.05, 3.63) is 65.4 Å². The van der Waals surface area contributed by atoms with Gasteiger partial charge in [0, 0.05) is 24.4 Å². The van der Waals surface area contributed by atoms with Crippen LogP contribution in [0.3, 0.4) is 0 Å². The zero-order valence-electron chi connectivity index (χ0n) is 20.3. The fourth-order valence-corrected chi connectivity index (χ4v) is 4.81. The third-order valence-corrected chi connectivity index (χ3v) is 6.52. The number of aryl methyl sites for hydroxylation is 1. The molecule has 0 aliphatic carbocycles. The van der Waals surface area contributed by atoms with Gasteiger partial charge in [-0.2, -0.15) is 18.3 Å². The number of carbonyl (C=O) groups excluding carboxylic acids is 1.